The van der Waals surface area contributed by atoms with E-state index in [0.717, 1.165) is 40.6 Å². The Morgan fingerprint density at radius 2 is 2.35 bits per heavy atom. The lowest BCUT2D eigenvalue weighted by Gasteiger charge is -2.18. The van der Waals surface area contributed by atoms with E-state index in [-0.39, 0.29) is 11.9 Å². The molecule has 1 aromatic carbocycles. The van der Waals surface area contributed by atoms with E-state index in [1.807, 2.05) is 36.1 Å². The molecule has 4 nitrogen and oxygen atoms in total. The Morgan fingerprint density at radius 1 is 1.50 bits per heavy atom. The molecule has 0 saturated carbocycles. The average Bonchev–Trinajstić information content (AvgIpc) is 2.80. The second kappa shape index (κ2) is 5.50. The van der Waals surface area contributed by atoms with Gasteiger partial charge in [0.2, 0.25) is 5.91 Å². The zero-order chi connectivity index (χ0) is 14.1. The van der Waals surface area contributed by atoms with Gasteiger partial charge in [0.1, 0.15) is 0 Å². The third-order valence-electron chi connectivity index (χ3n) is 3.60. The molecule has 5 heteroatoms. The second-order valence-electron chi connectivity index (χ2n) is 4.89. The van der Waals surface area contributed by atoms with E-state index in [2.05, 4.69) is 26.2 Å². The molecule has 1 aromatic heterocycles. The maximum atomic E-state index is 12.4. The molecule has 1 saturated heterocycles. The highest BCUT2D eigenvalue weighted by Crippen LogP contribution is 2.29. The van der Waals surface area contributed by atoms with E-state index in [1.165, 1.54) is 0 Å². The largest absolute Gasteiger partial charge is 0.309 e. The molecular weight excluding hydrogens is 318 g/mol. The minimum atomic E-state index is -0.0642. The third kappa shape index (κ3) is 2.31. The van der Waals surface area contributed by atoms with Gasteiger partial charge in [-0.2, -0.15) is 0 Å². The first-order valence-corrected chi connectivity index (χ1v) is 7.59. The normalized spacial score (nSPS) is 19.0. The van der Waals surface area contributed by atoms with Crippen LogP contribution >= 0.6 is 15.9 Å². The van der Waals surface area contributed by atoms with Gasteiger partial charge in [-0.25, -0.2) is 0 Å². The van der Waals surface area contributed by atoms with E-state index < -0.39 is 0 Å². The van der Waals surface area contributed by atoms with Gasteiger partial charge in [0.25, 0.3) is 0 Å². The number of para-hydroxylation sites is 1. The van der Waals surface area contributed by atoms with Crippen molar-refractivity contribution in [2.24, 2.45) is 0 Å². The fourth-order valence-electron chi connectivity index (χ4n) is 2.69. The van der Waals surface area contributed by atoms with Gasteiger partial charge in [0, 0.05) is 22.6 Å². The van der Waals surface area contributed by atoms with Crippen LogP contribution < -0.4 is 10.2 Å². The van der Waals surface area contributed by atoms with Crippen molar-refractivity contribution in [1.82, 2.24) is 10.3 Å². The summed E-state index contributed by atoms with van der Waals surface area (Å²) in [5.41, 5.74) is 1.78. The molecule has 2 heterocycles. The summed E-state index contributed by atoms with van der Waals surface area (Å²) in [4.78, 5) is 18.7. The summed E-state index contributed by atoms with van der Waals surface area (Å²) in [6, 6.07) is 7.91. The van der Waals surface area contributed by atoms with Crippen molar-refractivity contribution in [3.63, 3.8) is 0 Å². The third-order valence-corrected chi connectivity index (χ3v) is 4.04. The van der Waals surface area contributed by atoms with E-state index in [0.29, 0.717) is 0 Å². The van der Waals surface area contributed by atoms with Gasteiger partial charge in [0.15, 0.2) is 0 Å². The topological polar surface area (TPSA) is 45.2 Å². The Kier molecular flexibility index (Phi) is 3.72. The number of amides is 1. The number of aromatic nitrogens is 1. The van der Waals surface area contributed by atoms with Gasteiger partial charge in [-0.1, -0.05) is 19.1 Å². The number of fused-ring (bicyclic) bond motifs is 1. The van der Waals surface area contributed by atoms with Crippen LogP contribution in [0, 0.1) is 0 Å². The molecular formula is C15H16BrN3O. The van der Waals surface area contributed by atoms with Crippen molar-refractivity contribution in [3.05, 3.63) is 34.9 Å². The molecule has 0 bridgehead atoms. The van der Waals surface area contributed by atoms with E-state index in [4.69, 9.17) is 0 Å². The fraction of sp³-hybridized carbons (Fsp3) is 0.333. The maximum Gasteiger partial charge on any atom is 0.244 e. The van der Waals surface area contributed by atoms with Crippen LogP contribution in [0.25, 0.3) is 10.9 Å². The first-order valence-electron chi connectivity index (χ1n) is 6.79. The fourth-order valence-corrected chi connectivity index (χ4v) is 3.04. The quantitative estimate of drug-likeness (QED) is 0.939. The van der Waals surface area contributed by atoms with Crippen LogP contribution in [0.15, 0.2) is 34.9 Å². The van der Waals surface area contributed by atoms with Crippen LogP contribution in [-0.2, 0) is 4.79 Å². The van der Waals surface area contributed by atoms with Crippen LogP contribution in [-0.4, -0.2) is 30.0 Å². The number of rotatable bonds is 3. The van der Waals surface area contributed by atoms with E-state index in [9.17, 15) is 4.79 Å². The lowest BCUT2D eigenvalue weighted by atomic mass is 10.2. The molecule has 3 rings (SSSR count). The number of nitrogens with zero attached hydrogens (tertiary/aromatic N) is 2. The smallest absolute Gasteiger partial charge is 0.244 e. The standard InChI is InChI=1S/C15H16BrN3O/c1-2-17-12-6-7-19(15(12)20)13-5-3-4-10-8-11(16)9-18-14(10)13/h3-5,8-9,12,17H,2,6-7H2,1H3. The molecule has 1 N–H and O–H groups in total. The number of hydrogen-bond acceptors (Lipinski definition) is 3. The highest BCUT2D eigenvalue weighted by Gasteiger charge is 2.32. The number of nitrogens with one attached hydrogen (secondary N) is 1. The van der Waals surface area contributed by atoms with Gasteiger partial charge in [-0.05, 0) is 41.0 Å². The lowest BCUT2D eigenvalue weighted by Crippen LogP contribution is -2.38. The van der Waals surface area contributed by atoms with Crippen molar-refractivity contribution in [2.45, 2.75) is 19.4 Å². The number of halogens is 1. The van der Waals surface area contributed by atoms with Crippen molar-refractivity contribution < 1.29 is 4.79 Å². The number of carbonyl (C=O) groups is 1. The van der Waals surface area contributed by atoms with Gasteiger partial charge in [-0.3, -0.25) is 9.78 Å². The summed E-state index contributed by atoms with van der Waals surface area (Å²) < 4.78 is 0.945. The second-order valence-corrected chi connectivity index (χ2v) is 5.81. The van der Waals surface area contributed by atoms with E-state index in [1.54, 1.807) is 6.20 Å². The predicted octanol–water partition coefficient (Wildman–Crippen LogP) is 2.71. The minimum Gasteiger partial charge on any atom is -0.309 e. The Labute approximate surface area is 126 Å². The molecule has 104 valence electrons. The number of carbonyl (C=O) groups excluding carboxylic acids is 1. The molecule has 0 aliphatic carbocycles. The van der Waals surface area contributed by atoms with E-state index >= 15 is 0 Å². The number of anilines is 1. The van der Waals surface area contributed by atoms with Gasteiger partial charge in [0.05, 0.1) is 17.2 Å². The molecule has 1 unspecified atom stereocenters. The molecule has 1 amide bonds. The highest BCUT2D eigenvalue weighted by atomic mass is 79.9. The van der Waals surface area contributed by atoms with Crippen molar-refractivity contribution in [1.29, 1.82) is 0 Å². The average molecular weight is 334 g/mol. The van der Waals surface area contributed by atoms with Crippen molar-refractivity contribution in [2.75, 3.05) is 18.0 Å². The maximum absolute atomic E-state index is 12.4. The summed E-state index contributed by atoms with van der Waals surface area (Å²) in [6.07, 6.45) is 2.62. The molecule has 1 fully saturated rings. The molecule has 1 atom stereocenters. The molecule has 0 radical (unpaired) electrons. The lowest BCUT2D eigenvalue weighted by molar-refractivity contribution is -0.118. The Bertz CT molecular complexity index is 659. The summed E-state index contributed by atoms with van der Waals surface area (Å²) >= 11 is 3.43. The van der Waals surface area contributed by atoms with Gasteiger partial charge in [-0.15, -0.1) is 0 Å². The summed E-state index contributed by atoms with van der Waals surface area (Å²) in [5, 5.41) is 4.27. The number of hydrogen-bond donors (Lipinski definition) is 1. The molecule has 1 aliphatic heterocycles. The predicted molar refractivity (Wildman–Crippen MR) is 83.9 cm³/mol. The SMILES string of the molecule is CCNC1CCN(c2cccc3cc(Br)cnc23)C1=O. The zero-order valence-electron chi connectivity index (χ0n) is 11.3. The molecule has 1 aliphatic rings. The zero-order valence-corrected chi connectivity index (χ0v) is 12.9. The monoisotopic (exact) mass is 333 g/mol. The van der Waals surface area contributed by atoms with Gasteiger partial charge >= 0.3 is 0 Å². The number of pyridine rings is 1. The van der Waals surface area contributed by atoms with Gasteiger partial charge < -0.3 is 10.2 Å². The number of likely N-dealkylation sites (N-methyl/N-ethyl adjacent to an activating group) is 1. The van der Waals surface area contributed by atoms with Crippen LogP contribution in [0.2, 0.25) is 0 Å². The summed E-state index contributed by atoms with van der Waals surface area (Å²) in [7, 11) is 0. The van der Waals surface area contributed by atoms with Crippen LogP contribution in [0.5, 0.6) is 0 Å². The Morgan fingerprint density at radius 3 is 3.15 bits per heavy atom. The highest BCUT2D eigenvalue weighted by molar-refractivity contribution is 9.10. The van der Waals surface area contributed by atoms with Crippen molar-refractivity contribution in [3.8, 4) is 0 Å². The molecule has 20 heavy (non-hydrogen) atoms. The molecule has 0 spiro atoms. The first kappa shape index (κ1) is 13.5. The number of benzene rings is 1. The summed E-state index contributed by atoms with van der Waals surface area (Å²) in [5.74, 6) is 0.143. The molecule has 2 aromatic rings. The van der Waals surface area contributed by atoms with Crippen molar-refractivity contribution >= 4 is 38.4 Å². The van der Waals surface area contributed by atoms with Crippen LogP contribution in [0.1, 0.15) is 13.3 Å². The van der Waals surface area contributed by atoms with Crippen LogP contribution in [0.4, 0.5) is 5.69 Å². The summed E-state index contributed by atoms with van der Waals surface area (Å²) in [6.45, 7) is 3.57. The minimum absolute atomic E-state index is 0.0642. The first-order chi connectivity index (χ1) is 9.70. The Balaban J connectivity index is 2.01. The van der Waals surface area contributed by atoms with Crippen LogP contribution in [0.3, 0.4) is 0 Å². The Hall–Kier alpha value is -1.46.